The molecule has 0 spiro atoms. The Morgan fingerprint density at radius 3 is 2.62 bits per heavy atom. The highest BCUT2D eigenvalue weighted by atomic mass is 16.5. The van der Waals surface area contributed by atoms with Gasteiger partial charge in [-0.15, -0.1) is 0 Å². The summed E-state index contributed by atoms with van der Waals surface area (Å²) in [5.74, 6) is 1.02. The SMILES string of the molecule is CC(C)Oc1cccc(NCC(=O)N2CCCCCC2)c1. The van der Waals surface area contributed by atoms with Gasteiger partial charge in [0.1, 0.15) is 5.75 Å². The van der Waals surface area contributed by atoms with Crippen molar-refractivity contribution >= 4 is 11.6 Å². The van der Waals surface area contributed by atoms with Crippen LogP contribution in [0.3, 0.4) is 0 Å². The van der Waals surface area contributed by atoms with Crippen molar-refractivity contribution in [2.24, 2.45) is 0 Å². The molecule has 1 saturated heterocycles. The van der Waals surface area contributed by atoms with Crippen LogP contribution in [-0.4, -0.2) is 36.5 Å². The molecule has 1 aliphatic heterocycles. The number of benzene rings is 1. The van der Waals surface area contributed by atoms with E-state index in [2.05, 4.69) is 5.32 Å². The van der Waals surface area contributed by atoms with Gasteiger partial charge in [-0.1, -0.05) is 18.9 Å². The van der Waals surface area contributed by atoms with E-state index >= 15 is 0 Å². The molecule has 21 heavy (non-hydrogen) atoms. The average molecular weight is 290 g/mol. The minimum atomic E-state index is 0.152. The van der Waals surface area contributed by atoms with Crippen molar-refractivity contribution < 1.29 is 9.53 Å². The number of amides is 1. The normalized spacial score (nSPS) is 15.7. The Bertz CT molecular complexity index is 452. The number of hydrogen-bond donors (Lipinski definition) is 1. The number of nitrogens with one attached hydrogen (secondary N) is 1. The number of carbonyl (C=O) groups excluding carboxylic acids is 1. The second kappa shape index (κ2) is 7.91. The zero-order chi connectivity index (χ0) is 15.1. The fourth-order valence-corrected chi connectivity index (χ4v) is 2.56. The van der Waals surface area contributed by atoms with E-state index in [0.717, 1.165) is 37.4 Å². The van der Waals surface area contributed by atoms with E-state index in [4.69, 9.17) is 4.74 Å². The molecule has 1 amide bonds. The number of likely N-dealkylation sites (tertiary alicyclic amines) is 1. The maximum atomic E-state index is 12.2. The largest absolute Gasteiger partial charge is 0.491 e. The zero-order valence-electron chi connectivity index (χ0n) is 13.1. The molecule has 1 aliphatic rings. The number of rotatable bonds is 5. The molecule has 0 aliphatic carbocycles. The number of ether oxygens (including phenoxy) is 1. The van der Waals surface area contributed by atoms with Crippen LogP contribution in [0.4, 0.5) is 5.69 Å². The van der Waals surface area contributed by atoms with E-state index in [-0.39, 0.29) is 12.0 Å². The summed E-state index contributed by atoms with van der Waals surface area (Å²) >= 11 is 0. The first-order valence-electron chi connectivity index (χ1n) is 7.93. The topological polar surface area (TPSA) is 41.6 Å². The van der Waals surface area contributed by atoms with Gasteiger partial charge in [0.05, 0.1) is 12.6 Å². The van der Waals surface area contributed by atoms with Crippen LogP contribution in [0.5, 0.6) is 5.75 Å². The Kier molecular flexibility index (Phi) is 5.90. The number of anilines is 1. The minimum Gasteiger partial charge on any atom is -0.491 e. The Morgan fingerprint density at radius 1 is 1.24 bits per heavy atom. The first kappa shape index (κ1) is 15.7. The van der Waals surface area contributed by atoms with Gasteiger partial charge < -0.3 is 15.0 Å². The molecule has 0 radical (unpaired) electrons. The lowest BCUT2D eigenvalue weighted by Gasteiger charge is -2.21. The number of nitrogens with zero attached hydrogens (tertiary/aromatic N) is 1. The van der Waals surface area contributed by atoms with Crippen LogP contribution >= 0.6 is 0 Å². The lowest BCUT2D eigenvalue weighted by molar-refractivity contribution is -0.129. The summed E-state index contributed by atoms with van der Waals surface area (Å²) in [6.45, 7) is 6.16. The molecular formula is C17H26N2O2. The minimum absolute atomic E-state index is 0.152. The second-order valence-corrected chi connectivity index (χ2v) is 5.84. The lowest BCUT2D eigenvalue weighted by atomic mass is 10.2. The monoisotopic (exact) mass is 290 g/mol. The maximum absolute atomic E-state index is 12.2. The van der Waals surface area contributed by atoms with E-state index in [1.807, 2.05) is 43.0 Å². The predicted molar refractivity (Wildman–Crippen MR) is 85.7 cm³/mol. The highest BCUT2D eigenvalue weighted by molar-refractivity contribution is 5.81. The molecule has 1 aromatic rings. The lowest BCUT2D eigenvalue weighted by Crippen LogP contribution is -2.36. The van der Waals surface area contributed by atoms with Gasteiger partial charge in [-0.2, -0.15) is 0 Å². The molecule has 1 fully saturated rings. The van der Waals surface area contributed by atoms with Gasteiger partial charge in [0.25, 0.3) is 0 Å². The summed E-state index contributed by atoms with van der Waals surface area (Å²) in [6, 6.07) is 7.77. The smallest absolute Gasteiger partial charge is 0.241 e. The molecule has 0 saturated carbocycles. The summed E-state index contributed by atoms with van der Waals surface area (Å²) in [5.41, 5.74) is 0.927. The Hall–Kier alpha value is -1.71. The summed E-state index contributed by atoms with van der Waals surface area (Å²) in [6.07, 6.45) is 4.89. The maximum Gasteiger partial charge on any atom is 0.241 e. The van der Waals surface area contributed by atoms with Crippen molar-refractivity contribution in [3.05, 3.63) is 24.3 Å². The van der Waals surface area contributed by atoms with Crippen LogP contribution in [0.2, 0.25) is 0 Å². The van der Waals surface area contributed by atoms with Gasteiger partial charge in [0, 0.05) is 24.8 Å². The molecule has 2 rings (SSSR count). The molecule has 0 aromatic heterocycles. The fraction of sp³-hybridized carbons (Fsp3) is 0.588. The van der Waals surface area contributed by atoms with Crippen LogP contribution in [0.1, 0.15) is 39.5 Å². The molecule has 4 heteroatoms. The van der Waals surface area contributed by atoms with Crippen LogP contribution in [-0.2, 0) is 4.79 Å². The van der Waals surface area contributed by atoms with Crippen molar-refractivity contribution in [2.75, 3.05) is 25.0 Å². The van der Waals surface area contributed by atoms with Crippen molar-refractivity contribution in [1.82, 2.24) is 4.90 Å². The summed E-state index contributed by atoms with van der Waals surface area (Å²) in [4.78, 5) is 14.2. The van der Waals surface area contributed by atoms with Gasteiger partial charge >= 0.3 is 0 Å². The van der Waals surface area contributed by atoms with Crippen LogP contribution in [0.15, 0.2) is 24.3 Å². The third kappa shape index (κ3) is 5.29. The van der Waals surface area contributed by atoms with Gasteiger partial charge in [-0.25, -0.2) is 0 Å². The van der Waals surface area contributed by atoms with E-state index in [1.54, 1.807) is 0 Å². The average Bonchev–Trinajstić information content (AvgIpc) is 2.73. The van der Waals surface area contributed by atoms with Gasteiger partial charge in [-0.05, 0) is 38.8 Å². The molecule has 0 unspecified atom stereocenters. The molecule has 4 nitrogen and oxygen atoms in total. The Balaban J connectivity index is 1.85. The van der Waals surface area contributed by atoms with Gasteiger partial charge in [0.15, 0.2) is 0 Å². The number of hydrogen-bond acceptors (Lipinski definition) is 3. The molecule has 116 valence electrons. The van der Waals surface area contributed by atoms with Gasteiger partial charge in [0.2, 0.25) is 5.91 Å². The summed E-state index contributed by atoms with van der Waals surface area (Å²) in [7, 11) is 0. The van der Waals surface area contributed by atoms with Crippen molar-refractivity contribution in [3.8, 4) is 5.75 Å². The van der Waals surface area contributed by atoms with Crippen LogP contribution in [0.25, 0.3) is 0 Å². The number of carbonyl (C=O) groups is 1. The van der Waals surface area contributed by atoms with E-state index < -0.39 is 0 Å². The van der Waals surface area contributed by atoms with Crippen molar-refractivity contribution in [3.63, 3.8) is 0 Å². The first-order valence-corrected chi connectivity index (χ1v) is 7.93. The zero-order valence-corrected chi connectivity index (χ0v) is 13.1. The van der Waals surface area contributed by atoms with Gasteiger partial charge in [-0.3, -0.25) is 4.79 Å². The Morgan fingerprint density at radius 2 is 1.95 bits per heavy atom. The molecule has 0 bridgehead atoms. The molecule has 1 N–H and O–H groups in total. The summed E-state index contributed by atoms with van der Waals surface area (Å²) in [5, 5.41) is 3.20. The highest BCUT2D eigenvalue weighted by Gasteiger charge is 2.14. The van der Waals surface area contributed by atoms with Crippen LogP contribution < -0.4 is 10.1 Å². The standard InChI is InChI=1S/C17H26N2O2/c1-14(2)21-16-9-7-8-15(12-16)18-13-17(20)19-10-5-3-4-6-11-19/h7-9,12,14,18H,3-6,10-11,13H2,1-2H3. The molecule has 1 aromatic carbocycles. The van der Waals surface area contributed by atoms with E-state index in [9.17, 15) is 4.79 Å². The Labute approximate surface area is 127 Å². The highest BCUT2D eigenvalue weighted by Crippen LogP contribution is 2.18. The molecule has 0 atom stereocenters. The molecule has 1 heterocycles. The third-order valence-corrected chi connectivity index (χ3v) is 3.61. The third-order valence-electron chi connectivity index (χ3n) is 3.61. The summed E-state index contributed by atoms with van der Waals surface area (Å²) < 4.78 is 5.66. The van der Waals surface area contributed by atoms with E-state index in [0.29, 0.717) is 6.54 Å². The van der Waals surface area contributed by atoms with Crippen LogP contribution in [0, 0.1) is 0 Å². The fourth-order valence-electron chi connectivity index (χ4n) is 2.56. The van der Waals surface area contributed by atoms with Crippen molar-refractivity contribution in [1.29, 1.82) is 0 Å². The van der Waals surface area contributed by atoms with Crippen molar-refractivity contribution in [2.45, 2.75) is 45.6 Å². The second-order valence-electron chi connectivity index (χ2n) is 5.84. The molecular weight excluding hydrogens is 264 g/mol. The van der Waals surface area contributed by atoms with E-state index in [1.165, 1.54) is 12.8 Å². The quantitative estimate of drug-likeness (QED) is 0.904. The first-order chi connectivity index (χ1) is 10.1. The predicted octanol–water partition coefficient (Wildman–Crippen LogP) is 3.29.